The molecule has 0 saturated carbocycles. The third-order valence-corrected chi connectivity index (χ3v) is 2.61. The van der Waals surface area contributed by atoms with Crippen LogP contribution >= 0.6 is 0 Å². The number of nitrogens with zero attached hydrogens (tertiary/aromatic N) is 1. The van der Waals surface area contributed by atoms with Crippen LogP contribution in [0.25, 0.3) is 6.08 Å². The predicted molar refractivity (Wildman–Crippen MR) is 64.9 cm³/mol. The molecule has 1 N–H and O–H groups in total. The van der Waals surface area contributed by atoms with Gasteiger partial charge in [-0.2, -0.15) is 0 Å². The highest BCUT2D eigenvalue weighted by Gasteiger charge is 2.43. The van der Waals surface area contributed by atoms with Gasteiger partial charge >= 0.3 is 6.03 Å². The maximum absolute atomic E-state index is 11.9. The van der Waals surface area contributed by atoms with Gasteiger partial charge in [-0.1, -0.05) is 30.3 Å². The third-order valence-electron chi connectivity index (χ3n) is 2.61. The Bertz CT molecular complexity index is 477. The van der Waals surface area contributed by atoms with E-state index in [4.69, 9.17) is 0 Å². The molecule has 1 heterocycles. The van der Waals surface area contributed by atoms with Gasteiger partial charge in [-0.05, 0) is 25.5 Å². The second-order valence-electron chi connectivity index (χ2n) is 4.46. The number of carbonyl (C=O) groups excluding carboxylic acids is 2. The van der Waals surface area contributed by atoms with E-state index in [1.807, 2.05) is 30.3 Å². The van der Waals surface area contributed by atoms with E-state index >= 15 is 0 Å². The van der Waals surface area contributed by atoms with E-state index in [9.17, 15) is 9.59 Å². The summed E-state index contributed by atoms with van der Waals surface area (Å²) in [5, 5.41) is 2.62. The van der Waals surface area contributed by atoms with Crippen LogP contribution in [0, 0.1) is 0 Å². The van der Waals surface area contributed by atoms with Crippen LogP contribution in [0.1, 0.15) is 19.4 Å². The molecule has 0 aromatic heterocycles. The van der Waals surface area contributed by atoms with E-state index in [0.717, 1.165) is 10.5 Å². The van der Waals surface area contributed by atoms with Crippen molar-refractivity contribution in [3.8, 4) is 0 Å². The third kappa shape index (κ3) is 2.20. The summed E-state index contributed by atoms with van der Waals surface area (Å²) in [5.74, 6) is -0.241. The monoisotopic (exact) mass is 230 g/mol. The molecule has 0 aliphatic carbocycles. The van der Waals surface area contributed by atoms with E-state index in [1.165, 1.54) is 6.20 Å². The summed E-state index contributed by atoms with van der Waals surface area (Å²) >= 11 is 0. The van der Waals surface area contributed by atoms with E-state index < -0.39 is 5.54 Å². The van der Waals surface area contributed by atoms with Crippen LogP contribution in [0.4, 0.5) is 4.79 Å². The summed E-state index contributed by atoms with van der Waals surface area (Å²) in [6.45, 7) is 3.37. The minimum atomic E-state index is -0.821. The highest BCUT2D eigenvalue weighted by atomic mass is 16.2. The van der Waals surface area contributed by atoms with Crippen LogP contribution in [-0.2, 0) is 4.79 Å². The van der Waals surface area contributed by atoms with Gasteiger partial charge in [0.05, 0.1) is 0 Å². The molecule has 17 heavy (non-hydrogen) atoms. The van der Waals surface area contributed by atoms with Crippen molar-refractivity contribution in [1.29, 1.82) is 0 Å². The molecule has 1 saturated heterocycles. The molecule has 88 valence electrons. The lowest BCUT2D eigenvalue weighted by atomic mass is 10.1. The first-order valence-corrected chi connectivity index (χ1v) is 5.40. The van der Waals surface area contributed by atoms with Crippen LogP contribution in [0.5, 0.6) is 0 Å². The van der Waals surface area contributed by atoms with Crippen molar-refractivity contribution in [2.75, 3.05) is 0 Å². The molecule has 1 aliphatic rings. The molecule has 0 spiro atoms. The van der Waals surface area contributed by atoms with E-state index in [0.29, 0.717) is 0 Å². The van der Waals surface area contributed by atoms with Gasteiger partial charge in [-0.15, -0.1) is 0 Å². The first-order chi connectivity index (χ1) is 8.00. The summed E-state index contributed by atoms with van der Waals surface area (Å²) in [5.41, 5.74) is 0.121. The second kappa shape index (κ2) is 4.05. The number of rotatable bonds is 2. The maximum Gasteiger partial charge on any atom is 0.329 e. The number of imide groups is 1. The Kier molecular flexibility index (Phi) is 2.71. The Hall–Kier alpha value is -2.10. The zero-order valence-electron chi connectivity index (χ0n) is 9.81. The standard InChI is InChI=1S/C13H14N2O2/c1-13(2)11(16)15(12(17)14-13)9-8-10-6-4-3-5-7-10/h3-9H,1-2H3,(H,14,17). The van der Waals surface area contributed by atoms with Crippen molar-refractivity contribution in [3.05, 3.63) is 42.1 Å². The molecule has 0 bridgehead atoms. The zero-order valence-corrected chi connectivity index (χ0v) is 9.81. The largest absolute Gasteiger partial charge is 0.329 e. The van der Waals surface area contributed by atoms with Gasteiger partial charge in [0.25, 0.3) is 5.91 Å². The van der Waals surface area contributed by atoms with Crippen molar-refractivity contribution in [2.24, 2.45) is 0 Å². The highest BCUT2D eigenvalue weighted by molar-refractivity contribution is 6.07. The molecule has 2 rings (SSSR count). The molecule has 0 atom stereocenters. The quantitative estimate of drug-likeness (QED) is 0.790. The van der Waals surface area contributed by atoms with Gasteiger partial charge in [0, 0.05) is 6.20 Å². The van der Waals surface area contributed by atoms with Crippen molar-refractivity contribution in [2.45, 2.75) is 19.4 Å². The van der Waals surface area contributed by atoms with E-state index in [2.05, 4.69) is 5.32 Å². The minimum Gasteiger partial charge on any atom is -0.323 e. The lowest BCUT2D eigenvalue weighted by molar-refractivity contribution is -0.128. The van der Waals surface area contributed by atoms with Gasteiger partial charge < -0.3 is 5.32 Å². The molecule has 1 aliphatic heterocycles. The van der Waals surface area contributed by atoms with Crippen molar-refractivity contribution in [1.82, 2.24) is 10.2 Å². The minimum absolute atomic E-state index is 0.241. The normalized spacial score (nSPS) is 18.8. The predicted octanol–water partition coefficient (Wildman–Crippen LogP) is 1.99. The fourth-order valence-electron chi connectivity index (χ4n) is 1.63. The Morgan fingerprint density at radius 1 is 1.18 bits per heavy atom. The molecule has 4 heteroatoms. The van der Waals surface area contributed by atoms with Crippen LogP contribution in [-0.4, -0.2) is 22.4 Å². The molecular weight excluding hydrogens is 216 g/mol. The Labute approximate surface area is 99.9 Å². The number of hydrogen-bond donors (Lipinski definition) is 1. The van der Waals surface area contributed by atoms with Crippen LogP contribution in [0.2, 0.25) is 0 Å². The van der Waals surface area contributed by atoms with Crippen molar-refractivity contribution < 1.29 is 9.59 Å². The van der Waals surface area contributed by atoms with Gasteiger partial charge in [0.2, 0.25) is 0 Å². The van der Waals surface area contributed by atoms with Gasteiger partial charge in [-0.3, -0.25) is 4.79 Å². The number of hydrogen-bond acceptors (Lipinski definition) is 2. The van der Waals surface area contributed by atoms with Gasteiger partial charge in [0.1, 0.15) is 5.54 Å². The first kappa shape index (κ1) is 11.4. The number of nitrogens with one attached hydrogen (secondary N) is 1. The van der Waals surface area contributed by atoms with E-state index in [-0.39, 0.29) is 11.9 Å². The summed E-state index contributed by atoms with van der Waals surface area (Å²) < 4.78 is 0. The highest BCUT2D eigenvalue weighted by Crippen LogP contribution is 2.17. The second-order valence-corrected chi connectivity index (χ2v) is 4.46. The van der Waals surface area contributed by atoms with Crippen molar-refractivity contribution in [3.63, 3.8) is 0 Å². The van der Waals surface area contributed by atoms with Crippen LogP contribution < -0.4 is 5.32 Å². The van der Waals surface area contributed by atoms with Crippen LogP contribution in [0.15, 0.2) is 36.5 Å². The Balaban J connectivity index is 2.18. The van der Waals surface area contributed by atoms with Crippen LogP contribution in [0.3, 0.4) is 0 Å². The summed E-state index contributed by atoms with van der Waals surface area (Å²) in [6, 6.07) is 9.13. The summed E-state index contributed by atoms with van der Waals surface area (Å²) in [6.07, 6.45) is 3.24. The Morgan fingerprint density at radius 3 is 2.35 bits per heavy atom. The SMILES string of the molecule is CC1(C)NC(=O)N(C=Cc2ccccc2)C1=O. The summed E-state index contributed by atoms with van der Waals surface area (Å²) in [7, 11) is 0. The van der Waals surface area contributed by atoms with Gasteiger partial charge in [0.15, 0.2) is 0 Å². The molecular formula is C13H14N2O2. The van der Waals surface area contributed by atoms with Crippen molar-refractivity contribution >= 4 is 18.0 Å². The average molecular weight is 230 g/mol. The number of carbonyl (C=O) groups is 2. The first-order valence-electron chi connectivity index (χ1n) is 5.40. The Morgan fingerprint density at radius 2 is 1.82 bits per heavy atom. The lowest BCUT2D eigenvalue weighted by Gasteiger charge is -2.13. The lowest BCUT2D eigenvalue weighted by Crippen LogP contribution is -2.39. The number of benzene rings is 1. The fraction of sp³-hybridized carbons (Fsp3) is 0.231. The average Bonchev–Trinajstić information content (AvgIpc) is 2.48. The molecule has 0 radical (unpaired) electrons. The number of urea groups is 1. The molecule has 0 unspecified atom stereocenters. The molecule has 3 amide bonds. The summed E-state index contributed by atoms with van der Waals surface area (Å²) in [4.78, 5) is 24.5. The zero-order chi connectivity index (χ0) is 12.5. The van der Waals surface area contributed by atoms with E-state index in [1.54, 1.807) is 19.9 Å². The van der Waals surface area contributed by atoms with Gasteiger partial charge in [-0.25, -0.2) is 9.69 Å². The smallest absolute Gasteiger partial charge is 0.323 e. The number of amides is 3. The maximum atomic E-state index is 11.9. The molecule has 1 aromatic rings. The topological polar surface area (TPSA) is 49.4 Å². The fourth-order valence-corrected chi connectivity index (χ4v) is 1.63. The molecule has 1 fully saturated rings. The molecule has 1 aromatic carbocycles. The molecule has 4 nitrogen and oxygen atoms in total.